The van der Waals surface area contributed by atoms with Crippen LogP contribution in [0.25, 0.3) is 0 Å². The zero-order chi connectivity index (χ0) is 10.7. The smallest absolute Gasteiger partial charge is 0.0703 e. The van der Waals surface area contributed by atoms with E-state index in [0.29, 0.717) is 12.1 Å². The van der Waals surface area contributed by atoms with Crippen LogP contribution in [0.5, 0.6) is 0 Å². The molecule has 1 fully saturated rings. The molecule has 0 saturated carbocycles. The first-order valence-electron chi connectivity index (χ1n) is 5.59. The third-order valence-corrected chi connectivity index (χ3v) is 3.48. The lowest BCUT2D eigenvalue weighted by atomic mass is 10.0. The third-order valence-electron chi connectivity index (χ3n) is 3.48. The molecule has 0 aromatic heterocycles. The van der Waals surface area contributed by atoms with E-state index in [0.717, 1.165) is 19.4 Å². The van der Waals surface area contributed by atoms with Crippen molar-refractivity contribution in [2.75, 3.05) is 13.7 Å². The highest BCUT2D eigenvalue weighted by Crippen LogP contribution is 2.21. The topological polar surface area (TPSA) is 32.7 Å². The van der Waals surface area contributed by atoms with Crippen LogP contribution in [0.3, 0.4) is 0 Å². The lowest BCUT2D eigenvalue weighted by Gasteiger charge is -2.34. The monoisotopic (exact) mass is 201 g/mol. The van der Waals surface area contributed by atoms with Crippen molar-refractivity contribution in [2.45, 2.75) is 57.9 Å². The molecule has 0 aromatic carbocycles. The van der Waals surface area contributed by atoms with Crippen molar-refractivity contribution in [3.8, 4) is 0 Å². The van der Waals surface area contributed by atoms with Crippen LogP contribution in [0.15, 0.2) is 0 Å². The van der Waals surface area contributed by atoms with Crippen molar-refractivity contribution in [2.24, 2.45) is 0 Å². The number of ether oxygens (including phenoxy) is 1. The molecule has 0 amide bonds. The van der Waals surface area contributed by atoms with Crippen LogP contribution in [0, 0.1) is 0 Å². The number of aliphatic hydroxyl groups is 1. The first-order chi connectivity index (χ1) is 6.57. The molecule has 0 spiro atoms. The minimum absolute atomic E-state index is 0.217. The van der Waals surface area contributed by atoms with Gasteiger partial charge in [0.2, 0.25) is 0 Å². The van der Waals surface area contributed by atoms with Crippen LogP contribution in [-0.2, 0) is 4.74 Å². The van der Waals surface area contributed by atoms with Crippen LogP contribution in [-0.4, -0.2) is 48.0 Å². The molecule has 1 N–H and O–H groups in total. The number of rotatable bonds is 4. The SMILES string of the molecule is CCC(O)C(C)N(C)C1CCOC1C. The van der Waals surface area contributed by atoms with Gasteiger partial charge < -0.3 is 9.84 Å². The summed E-state index contributed by atoms with van der Waals surface area (Å²) in [5.74, 6) is 0. The van der Waals surface area contributed by atoms with E-state index in [2.05, 4.69) is 25.8 Å². The van der Waals surface area contributed by atoms with Gasteiger partial charge in [-0.1, -0.05) is 6.92 Å². The lowest BCUT2D eigenvalue weighted by molar-refractivity contribution is 0.0212. The summed E-state index contributed by atoms with van der Waals surface area (Å²) >= 11 is 0. The summed E-state index contributed by atoms with van der Waals surface area (Å²) in [6.07, 6.45) is 1.96. The van der Waals surface area contributed by atoms with Crippen LogP contribution in [0.1, 0.15) is 33.6 Å². The molecule has 84 valence electrons. The zero-order valence-corrected chi connectivity index (χ0v) is 9.73. The quantitative estimate of drug-likeness (QED) is 0.743. The minimum atomic E-state index is -0.229. The Hall–Kier alpha value is -0.120. The summed E-state index contributed by atoms with van der Waals surface area (Å²) in [4.78, 5) is 2.26. The largest absolute Gasteiger partial charge is 0.392 e. The second-order valence-corrected chi connectivity index (χ2v) is 4.31. The second-order valence-electron chi connectivity index (χ2n) is 4.31. The summed E-state index contributed by atoms with van der Waals surface area (Å²) in [5, 5.41) is 9.76. The van der Waals surface area contributed by atoms with Crippen molar-refractivity contribution in [3.05, 3.63) is 0 Å². The number of likely N-dealkylation sites (N-methyl/N-ethyl adjacent to an activating group) is 1. The Morgan fingerprint density at radius 2 is 2.21 bits per heavy atom. The Bertz CT molecular complexity index is 175. The minimum Gasteiger partial charge on any atom is -0.392 e. The Morgan fingerprint density at radius 3 is 2.64 bits per heavy atom. The fourth-order valence-corrected chi connectivity index (χ4v) is 2.17. The van der Waals surface area contributed by atoms with E-state index < -0.39 is 0 Å². The van der Waals surface area contributed by atoms with Gasteiger partial charge in [-0.3, -0.25) is 4.90 Å². The highest BCUT2D eigenvalue weighted by molar-refractivity contribution is 4.85. The Labute approximate surface area is 87.1 Å². The first kappa shape index (κ1) is 12.0. The van der Waals surface area contributed by atoms with Crippen molar-refractivity contribution in [3.63, 3.8) is 0 Å². The average molecular weight is 201 g/mol. The summed E-state index contributed by atoms with van der Waals surface area (Å²) in [6, 6.07) is 0.681. The van der Waals surface area contributed by atoms with Gasteiger partial charge in [0.05, 0.1) is 12.2 Å². The van der Waals surface area contributed by atoms with Gasteiger partial charge in [-0.05, 0) is 33.7 Å². The fraction of sp³-hybridized carbons (Fsp3) is 1.00. The standard InChI is InChI=1S/C11H23NO2/c1-5-11(13)8(2)12(4)10-6-7-14-9(10)3/h8-11,13H,5-7H2,1-4H3. The highest BCUT2D eigenvalue weighted by Gasteiger charge is 2.31. The zero-order valence-electron chi connectivity index (χ0n) is 9.73. The van der Waals surface area contributed by atoms with Crippen molar-refractivity contribution >= 4 is 0 Å². The molecule has 1 aliphatic heterocycles. The predicted octanol–water partition coefficient (Wildman–Crippen LogP) is 1.25. The number of hydrogen-bond acceptors (Lipinski definition) is 3. The Kier molecular flexibility index (Phi) is 4.35. The molecule has 4 unspecified atom stereocenters. The van der Waals surface area contributed by atoms with Crippen LogP contribution >= 0.6 is 0 Å². The van der Waals surface area contributed by atoms with Gasteiger partial charge >= 0.3 is 0 Å². The molecule has 3 nitrogen and oxygen atoms in total. The molecule has 0 bridgehead atoms. The van der Waals surface area contributed by atoms with Crippen LogP contribution < -0.4 is 0 Å². The van der Waals surface area contributed by atoms with Crippen molar-refractivity contribution in [1.82, 2.24) is 4.90 Å². The Morgan fingerprint density at radius 1 is 1.57 bits per heavy atom. The van der Waals surface area contributed by atoms with Gasteiger partial charge in [0.1, 0.15) is 0 Å². The van der Waals surface area contributed by atoms with E-state index in [-0.39, 0.29) is 12.1 Å². The van der Waals surface area contributed by atoms with E-state index in [1.807, 2.05) is 6.92 Å². The molecule has 0 radical (unpaired) electrons. The molecular weight excluding hydrogens is 178 g/mol. The fourth-order valence-electron chi connectivity index (χ4n) is 2.17. The van der Waals surface area contributed by atoms with Gasteiger partial charge in [0.25, 0.3) is 0 Å². The summed E-state index contributed by atoms with van der Waals surface area (Å²) < 4.78 is 5.53. The predicted molar refractivity (Wildman–Crippen MR) is 57.3 cm³/mol. The van der Waals surface area contributed by atoms with Crippen LogP contribution in [0.2, 0.25) is 0 Å². The molecule has 4 atom stereocenters. The van der Waals surface area contributed by atoms with Gasteiger partial charge in [-0.2, -0.15) is 0 Å². The summed E-state index contributed by atoms with van der Waals surface area (Å²) in [5.41, 5.74) is 0. The van der Waals surface area contributed by atoms with E-state index in [9.17, 15) is 5.11 Å². The summed E-state index contributed by atoms with van der Waals surface area (Å²) in [6.45, 7) is 7.06. The molecule has 1 heterocycles. The van der Waals surface area contributed by atoms with Gasteiger partial charge in [-0.15, -0.1) is 0 Å². The second kappa shape index (κ2) is 5.10. The highest BCUT2D eigenvalue weighted by atomic mass is 16.5. The maximum atomic E-state index is 9.76. The maximum absolute atomic E-state index is 9.76. The van der Waals surface area contributed by atoms with Gasteiger partial charge in [-0.25, -0.2) is 0 Å². The normalized spacial score (nSPS) is 32.1. The molecule has 1 rings (SSSR count). The van der Waals surface area contributed by atoms with Crippen molar-refractivity contribution < 1.29 is 9.84 Å². The average Bonchev–Trinajstić information content (AvgIpc) is 2.61. The first-order valence-corrected chi connectivity index (χ1v) is 5.59. The summed E-state index contributed by atoms with van der Waals surface area (Å²) in [7, 11) is 2.08. The molecule has 0 aromatic rings. The molecule has 3 heteroatoms. The lowest BCUT2D eigenvalue weighted by Crippen LogP contribution is -2.47. The van der Waals surface area contributed by atoms with Gasteiger partial charge in [0, 0.05) is 18.7 Å². The number of hydrogen-bond donors (Lipinski definition) is 1. The van der Waals surface area contributed by atoms with Crippen molar-refractivity contribution in [1.29, 1.82) is 0 Å². The van der Waals surface area contributed by atoms with Crippen LogP contribution in [0.4, 0.5) is 0 Å². The maximum Gasteiger partial charge on any atom is 0.0703 e. The third kappa shape index (κ3) is 2.47. The van der Waals surface area contributed by atoms with E-state index in [1.54, 1.807) is 0 Å². The number of aliphatic hydroxyl groups excluding tert-OH is 1. The van der Waals surface area contributed by atoms with Gasteiger partial charge in [0.15, 0.2) is 0 Å². The van der Waals surface area contributed by atoms with E-state index >= 15 is 0 Å². The molecule has 0 aliphatic carbocycles. The number of nitrogens with zero attached hydrogens (tertiary/aromatic N) is 1. The van der Waals surface area contributed by atoms with E-state index in [4.69, 9.17) is 4.74 Å². The Balaban J connectivity index is 2.50. The molecule has 1 saturated heterocycles. The molecular formula is C11H23NO2. The molecule has 14 heavy (non-hydrogen) atoms. The van der Waals surface area contributed by atoms with E-state index in [1.165, 1.54) is 0 Å². The molecule has 1 aliphatic rings.